The molecule has 4 heteroatoms. The first kappa shape index (κ1) is 14.2. The molecule has 3 aliphatic rings. The number of hydrogen-bond donors (Lipinski definition) is 2. The van der Waals surface area contributed by atoms with Gasteiger partial charge in [0.1, 0.15) is 0 Å². The summed E-state index contributed by atoms with van der Waals surface area (Å²) in [6.45, 7) is 4.04. The summed E-state index contributed by atoms with van der Waals surface area (Å²) in [6, 6.07) is 11.4. The number of nitrogens with zero attached hydrogens (tertiary/aromatic N) is 2. The Morgan fingerprint density at radius 3 is 2.79 bits per heavy atom. The molecule has 5 rings (SSSR count). The average Bonchev–Trinajstić information content (AvgIpc) is 3.35. The number of rotatable bonds is 2. The molecule has 1 atom stereocenters. The smallest absolute Gasteiger partial charge is 0.0564 e. The van der Waals surface area contributed by atoms with Crippen LogP contribution in [0.4, 0.5) is 5.69 Å². The van der Waals surface area contributed by atoms with Gasteiger partial charge in [0.2, 0.25) is 0 Å². The van der Waals surface area contributed by atoms with E-state index in [4.69, 9.17) is 5.73 Å². The van der Waals surface area contributed by atoms with Crippen molar-refractivity contribution in [2.24, 2.45) is 5.73 Å². The molecule has 0 saturated heterocycles. The molecule has 1 aliphatic carbocycles. The third-order valence-corrected chi connectivity index (χ3v) is 5.49. The number of pyridine rings is 1. The van der Waals surface area contributed by atoms with Crippen LogP contribution in [0.3, 0.4) is 0 Å². The number of aryl methyl sites for hydroxylation is 1. The van der Waals surface area contributed by atoms with Gasteiger partial charge in [0, 0.05) is 47.8 Å². The summed E-state index contributed by atoms with van der Waals surface area (Å²) in [7, 11) is 0. The highest BCUT2D eigenvalue weighted by molar-refractivity contribution is 5.83. The maximum absolute atomic E-state index is 6.65. The lowest BCUT2D eigenvalue weighted by Gasteiger charge is -2.27. The number of benzene rings is 1. The second-order valence-corrected chi connectivity index (χ2v) is 7.20. The Kier molecular flexibility index (Phi) is 3.05. The van der Waals surface area contributed by atoms with E-state index < -0.39 is 0 Å². The molecule has 0 spiro atoms. The maximum Gasteiger partial charge on any atom is 0.0564 e. The van der Waals surface area contributed by atoms with E-state index >= 15 is 0 Å². The molecule has 1 fully saturated rings. The molecule has 3 heterocycles. The van der Waals surface area contributed by atoms with Crippen molar-refractivity contribution in [3.05, 3.63) is 59.1 Å². The summed E-state index contributed by atoms with van der Waals surface area (Å²) < 4.78 is 0. The van der Waals surface area contributed by atoms with Crippen molar-refractivity contribution in [1.82, 2.24) is 9.88 Å². The standard InChI is InChI=1S/C20H22N4/c1-12-5-6-13(9-22-12)15-3-2-4-16-19(21)17-10-24(14-7-8-14)11-18(17)23-20(15)16/h2-6,9,14,19,23H,7-8,10-11,21H2,1H3. The molecular weight excluding hydrogens is 296 g/mol. The van der Waals surface area contributed by atoms with Gasteiger partial charge in [0.25, 0.3) is 0 Å². The van der Waals surface area contributed by atoms with Crippen molar-refractivity contribution >= 4 is 5.69 Å². The van der Waals surface area contributed by atoms with Crippen LogP contribution in [0.15, 0.2) is 47.8 Å². The SMILES string of the molecule is Cc1ccc(-c2cccc3c2NC2=C(CN(C4CC4)C2)C3N)cn1. The molecule has 0 bridgehead atoms. The average molecular weight is 318 g/mol. The zero-order valence-corrected chi connectivity index (χ0v) is 13.9. The van der Waals surface area contributed by atoms with Gasteiger partial charge in [-0.15, -0.1) is 0 Å². The van der Waals surface area contributed by atoms with Crippen molar-refractivity contribution in [3.8, 4) is 11.1 Å². The van der Waals surface area contributed by atoms with Crippen molar-refractivity contribution in [3.63, 3.8) is 0 Å². The monoisotopic (exact) mass is 318 g/mol. The summed E-state index contributed by atoms with van der Waals surface area (Å²) in [5.41, 5.74) is 15.0. The molecule has 4 nitrogen and oxygen atoms in total. The summed E-state index contributed by atoms with van der Waals surface area (Å²) in [5.74, 6) is 0. The Morgan fingerprint density at radius 1 is 1.17 bits per heavy atom. The van der Waals surface area contributed by atoms with Gasteiger partial charge in [-0.1, -0.05) is 24.3 Å². The Balaban J connectivity index is 1.55. The molecule has 0 amide bonds. The van der Waals surface area contributed by atoms with E-state index in [0.29, 0.717) is 0 Å². The van der Waals surface area contributed by atoms with E-state index in [0.717, 1.165) is 36.1 Å². The fourth-order valence-electron chi connectivity index (χ4n) is 3.95. The van der Waals surface area contributed by atoms with Crippen LogP contribution in [-0.4, -0.2) is 29.0 Å². The number of aromatic nitrogens is 1. The fraction of sp³-hybridized carbons (Fsp3) is 0.350. The topological polar surface area (TPSA) is 54.2 Å². The van der Waals surface area contributed by atoms with Gasteiger partial charge in [0.05, 0.1) is 11.7 Å². The van der Waals surface area contributed by atoms with Gasteiger partial charge in [-0.3, -0.25) is 9.88 Å². The quantitative estimate of drug-likeness (QED) is 0.893. The van der Waals surface area contributed by atoms with Gasteiger partial charge >= 0.3 is 0 Å². The zero-order chi connectivity index (χ0) is 16.3. The lowest BCUT2D eigenvalue weighted by atomic mass is 9.90. The van der Waals surface area contributed by atoms with Gasteiger partial charge in [-0.2, -0.15) is 0 Å². The van der Waals surface area contributed by atoms with E-state index in [-0.39, 0.29) is 6.04 Å². The third kappa shape index (κ3) is 2.18. The molecule has 1 aromatic heterocycles. The number of anilines is 1. The highest BCUT2D eigenvalue weighted by Crippen LogP contribution is 2.44. The summed E-state index contributed by atoms with van der Waals surface area (Å²) >= 11 is 0. The van der Waals surface area contributed by atoms with E-state index in [1.54, 1.807) is 0 Å². The van der Waals surface area contributed by atoms with Crippen LogP contribution in [0.1, 0.15) is 30.1 Å². The predicted octanol–water partition coefficient (Wildman–Crippen LogP) is 3.21. The number of hydrogen-bond acceptors (Lipinski definition) is 4. The van der Waals surface area contributed by atoms with Gasteiger partial charge in [-0.05, 0) is 37.0 Å². The van der Waals surface area contributed by atoms with Gasteiger partial charge < -0.3 is 11.1 Å². The second kappa shape index (κ2) is 5.16. The number of nitrogens with one attached hydrogen (secondary N) is 1. The summed E-state index contributed by atoms with van der Waals surface area (Å²) in [5, 5.41) is 3.71. The largest absolute Gasteiger partial charge is 0.357 e. The predicted molar refractivity (Wildman–Crippen MR) is 96.6 cm³/mol. The normalized spacial score (nSPS) is 23.0. The Bertz CT molecular complexity index is 833. The van der Waals surface area contributed by atoms with E-state index in [9.17, 15) is 0 Å². The van der Waals surface area contributed by atoms with Crippen LogP contribution < -0.4 is 11.1 Å². The molecule has 1 saturated carbocycles. The van der Waals surface area contributed by atoms with Crippen LogP contribution in [-0.2, 0) is 0 Å². The van der Waals surface area contributed by atoms with Crippen LogP contribution in [0.5, 0.6) is 0 Å². The van der Waals surface area contributed by atoms with Crippen LogP contribution in [0.25, 0.3) is 11.1 Å². The first-order chi connectivity index (χ1) is 11.7. The summed E-state index contributed by atoms with van der Waals surface area (Å²) in [4.78, 5) is 7.02. The molecule has 2 aliphatic heterocycles. The van der Waals surface area contributed by atoms with Crippen molar-refractivity contribution in [1.29, 1.82) is 0 Å². The Hall–Kier alpha value is -2.17. The minimum atomic E-state index is -0.00152. The molecular formula is C20H22N4. The molecule has 0 radical (unpaired) electrons. The minimum Gasteiger partial charge on any atom is -0.357 e. The van der Waals surface area contributed by atoms with Gasteiger partial charge in [0.15, 0.2) is 0 Å². The van der Waals surface area contributed by atoms with Crippen LogP contribution in [0.2, 0.25) is 0 Å². The second-order valence-electron chi connectivity index (χ2n) is 7.20. The molecule has 3 N–H and O–H groups in total. The first-order valence-corrected chi connectivity index (χ1v) is 8.75. The Labute approximate surface area is 142 Å². The molecule has 122 valence electrons. The Morgan fingerprint density at radius 2 is 2.04 bits per heavy atom. The molecule has 24 heavy (non-hydrogen) atoms. The van der Waals surface area contributed by atoms with Crippen molar-refractivity contribution < 1.29 is 0 Å². The first-order valence-electron chi connectivity index (χ1n) is 8.75. The maximum atomic E-state index is 6.65. The third-order valence-electron chi connectivity index (χ3n) is 5.49. The van der Waals surface area contributed by atoms with E-state index in [1.807, 2.05) is 13.1 Å². The van der Waals surface area contributed by atoms with Crippen molar-refractivity contribution in [2.75, 3.05) is 18.4 Å². The van der Waals surface area contributed by atoms with Crippen molar-refractivity contribution in [2.45, 2.75) is 31.8 Å². The van der Waals surface area contributed by atoms with Crippen LogP contribution >= 0.6 is 0 Å². The highest BCUT2D eigenvalue weighted by atomic mass is 15.2. The lowest BCUT2D eigenvalue weighted by Crippen LogP contribution is -2.25. The number of fused-ring (bicyclic) bond motifs is 1. The zero-order valence-electron chi connectivity index (χ0n) is 13.9. The van der Waals surface area contributed by atoms with Crippen LogP contribution in [0, 0.1) is 6.92 Å². The highest BCUT2D eigenvalue weighted by Gasteiger charge is 2.38. The molecule has 2 aromatic rings. The van der Waals surface area contributed by atoms with Gasteiger partial charge in [-0.25, -0.2) is 0 Å². The lowest BCUT2D eigenvalue weighted by molar-refractivity contribution is 0.332. The molecule has 1 aromatic carbocycles. The molecule has 1 unspecified atom stereocenters. The number of para-hydroxylation sites is 1. The summed E-state index contributed by atoms with van der Waals surface area (Å²) in [6.07, 6.45) is 4.62. The van der Waals surface area contributed by atoms with E-state index in [1.165, 1.54) is 35.2 Å². The number of nitrogens with two attached hydrogens (primary N) is 1. The minimum absolute atomic E-state index is 0.00152. The van der Waals surface area contributed by atoms with E-state index in [2.05, 4.69) is 45.5 Å². The fourth-order valence-corrected chi connectivity index (χ4v) is 3.95.